The van der Waals surface area contributed by atoms with E-state index in [0.717, 1.165) is 47.1 Å². The van der Waals surface area contributed by atoms with Gasteiger partial charge in [0.1, 0.15) is 24.1 Å². The fourth-order valence-corrected chi connectivity index (χ4v) is 8.56. The molecule has 4 aliphatic heterocycles. The van der Waals surface area contributed by atoms with E-state index in [0.29, 0.717) is 0 Å². The van der Waals surface area contributed by atoms with Crippen molar-refractivity contribution in [2.24, 2.45) is 0 Å². The van der Waals surface area contributed by atoms with Gasteiger partial charge >= 0.3 is 0 Å². The van der Waals surface area contributed by atoms with Gasteiger partial charge in [0.2, 0.25) is 0 Å². The molecule has 5 heterocycles. The van der Waals surface area contributed by atoms with Gasteiger partial charge in [-0.15, -0.1) is 0 Å². The molecule has 9 rings (SSSR count). The van der Waals surface area contributed by atoms with E-state index in [4.69, 9.17) is 4.42 Å². The topological polar surface area (TPSA) is 32.6 Å². The minimum absolute atomic E-state index is 0.0302. The summed E-state index contributed by atoms with van der Waals surface area (Å²) < 4.78 is 6.71. The Labute approximate surface area is 282 Å². The molecule has 0 spiro atoms. The lowest BCUT2D eigenvalue weighted by Gasteiger charge is -2.46. The van der Waals surface area contributed by atoms with E-state index in [1.54, 1.807) is 0 Å². The second-order valence-electron chi connectivity index (χ2n) is 13.6. The molecule has 7 heteroatoms. The van der Waals surface area contributed by atoms with Crippen molar-refractivity contribution < 1.29 is 4.42 Å². The zero-order chi connectivity index (χ0) is 32.5. The van der Waals surface area contributed by atoms with E-state index in [9.17, 15) is 0 Å². The van der Waals surface area contributed by atoms with Gasteiger partial charge in [0.25, 0.3) is 0 Å². The molecule has 4 atom stereocenters. The first-order valence-electron chi connectivity index (χ1n) is 17.2. The summed E-state index contributed by atoms with van der Waals surface area (Å²) in [6.07, 6.45) is 15.0. The van der Waals surface area contributed by atoms with Crippen molar-refractivity contribution in [1.82, 2.24) is 14.7 Å². The minimum atomic E-state index is -0.0404. The number of rotatable bonds is 3. The van der Waals surface area contributed by atoms with Crippen molar-refractivity contribution in [1.29, 1.82) is 0 Å². The molecule has 0 aliphatic carbocycles. The maximum atomic E-state index is 6.71. The van der Waals surface area contributed by atoms with Gasteiger partial charge in [-0.25, -0.2) is 0 Å². The average Bonchev–Trinajstić information content (AvgIpc) is 3.87. The molecule has 242 valence electrons. The lowest BCUT2D eigenvalue weighted by molar-refractivity contribution is 0.189. The number of nitrogens with zero attached hydrogens (tertiary/aromatic N) is 6. The summed E-state index contributed by atoms with van der Waals surface area (Å²) in [6.45, 7) is 8.73. The van der Waals surface area contributed by atoms with Crippen LogP contribution in [0, 0.1) is 13.8 Å². The van der Waals surface area contributed by atoms with Crippen molar-refractivity contribution in [2.75, 3.05) is 34.8 Å². The first kappa shape index (κ1) is 28.9. The predicted octanol–water partition coefficient (Wildman–Crippen LogP) is 8.50. The van der Waals surface area contributed by atoms with Gasteiger partial charge in [0, 0.05) is 79.5 Å². The Balaban J connectivity index is 1.28. The number of likely N-dealkylation sites (N-methyl/N-ethyl adjacent to an activating group) is 1. The van der Waals surface area contributed by atoms with Gasteiger partial charge in [0.05, 0.1) is 11.6 Å². The van der Waals surface area contributed by atoms with Crippen molar-refractivity contribution in [3.05, 3.63) is 139 Å². The Hall–Kier alpha value is -5.30. The summed E-state index contributed by atoms with van der Waals surface area (Å²) in [4.78, 5) is 15.0. The fraction of sp³-hybridized carbons (Fsp3) is 0.268. The van der Waals surface area contributed by atoms with Crippen LogP contribution in [0.25, 0.3) is 21.9 Å². The summed E-state index contributed by atoms with van der Waals surface area (Å²) in [5.74, 6) is 0.0302. The summed E-state index contributed by atoms with van der Waals surface area (Å²) in [6, 6.07) is 30.8. The molecule has 2 bridgehead atoms. The number of anilines is 3. The molecule has 0 saturated carbocycles. The Kier molecular flexibility index (Phi) is 6.71. The van der Waals surface area contributed by atoms with E-state index < -0.39 is 0 Å². The molecule has 0 amide bonds. The average molecular weight is 635 g/mol. The van der Waals surface area contributed by atoms with Crippen molar-refractivity contribution in [3.8, 4) is 0 Å². The highest BCUT2D eigenvalue weighted by Gasteiger charge is 2.47. The summed E-state index contributed by atoms with van der Waals surface area (Å²) in [5.41, 5.74) is 9.28. The monoisotopic (exact) mass is 634 g/mol. The molecule has 0 radical (unpaired) electrons. The number of benzene rings is 4. The van der Waals surface area contributed by atoms with Crippen LogP contribution in [0.2, 0.25) is 0 Å². The summed E-state index contributed by atoms with van der Waals surface area (Å²) in [7, 11) is 2.23. The van der Waals surface area contributed by atoms with E-state index in [-0.39, 0.29) is 24.4 Å². The quantitative estimate of drug-likeness (QED) is 0.197. The first-order valence-corrected chi connectivity index (χ1v) is 17.2. The highest BCUT2D eigenvalue weighted by Crippen LogP contribution is 2.48. The van der Waals surface area contributed by atoms with Gasteiger partial charge in [-0.2, -0.15) is 0 Å². The Morgan fingerprint density at radius 3 is 2.19 bits per heavy atom. The molecular formula is C41H42N6O. The van der Waals surface area contributed by atoms with Crippen molar-refractivity contribution in [2.45, 2.75) is 51.6 Å². The van der Waals surface area contributed by atoms with Crippen LogP contribution < -0.4 is 14.7 Å². The van der Waals surface area contributed by atoms with Crippen LogP contribution in [-0.2, 0) is 0 Å². The van der Waals surface area contributed by atoms with Crippen LogP contribution in [0.5, 0.6) is 0 Å². The molecule has 7 nitrogen and oxygen atoms in total. The van der Waals surface area contributed by atoms with E-state index in [1.165, 1.54) is 28.1 Å². The lowest BCUT2D eigenvalue weighted by atomic mass is 9.87. The maximum Gasteiger partial charge on any atom is 0.159 e. The Morgan fingerprint density at radius 2 is 1.31 bits per heavy atom. The molecule has 0 N–H and O–H groups in total. The molecule has 4 aliphatic rings. The number of aryl methyl sites for hydroxylation is 2. The molecule has 0 saturated heterocycles. The molecular weight excluding hydrogens is 592 g/mol. The van der Waals surface area contributed by atoms with Crippen LogP contribution in [0.1, 0.15) is 36.0 Å². The summed E-state index contributed by atoms with van der Waals surface area (Å²) >= 11 is 0. The Bertz CT molecular complexity index is 2110. The molecule has 4 unspecified atom stereocenters. The van der Waals surface area contributed by atoms with Gasteiger partial charge in [-0.1, -0.05) is 66.7 Å². The van der Waals surface area contributed by atoms with Crippen LogP contribution >= 0.6 is 0 Å². The zero-order valence-corrected chi connectivity index (χ0v) is 28.1. The number of hydrogen-bond donors (Lipinski definition) is 0. The highest BCUT2D eigenvalue weighted by molar-refractivity contribution is 6.09. The smallest absolute Gasteiger partial charge is 0.159 e. The van der Waals surface area contributed by atoms with E-state index in [2.05, 4.69) is 179 Å². The van der Waals surface area contributed by atoms with Gasteiger partial charge in [-0.05, 0) is 62.1 Å². The molecule has 0 fully saturated rings. The number of para-hydroxylation sites is 3. The highest BCUT2D eigenvalue weighted by atomic mass is 16.3. The Morgan fingerprint density at radius 1 is 0.604 bits per heavy atom. The normalized spacial score (nSPS) is 23.5. The molecule has 5 aromatic rings. The standard InChI is InChI=1S/C41H42N6O/c1-28-12-5-8-15-34(28)46-27-24-44-21-11-20-43-23-26-45(30(43)3)35-16-9-6-14-33(35)37(41(44)46)40-42(4)22-25-47(40)38-29(2)18-19-32-31-13-7-10-17-36(31)48-39(32)38/h5-10,12-19,22-27,30,37,40-41H,11,20-21H2,1-4H3. The zero-order valence-electron chi connectivity index (χ0n) is 28.1. The number of hydrogen-bond acceptors (Lipinski definition) is 7. The molecule has 4 aromatic carbocycles. The third kappa shape index (κ3) is 4.33. The van der Waals surface area contributed by atoms with Crippen LogP contribution in [-0.4, -0.2) is 53.3 Å². The molecule has 1 aromatic heterocycles. The third-order valence-electron chi connectivity index (χ3n) is 10.9. The lowest BCUT2D eigenvalue weighted by Crippen LogP contribution is -2.54. The van der Waals surface area contributed by atoms with Crippen LogP contribution in [0.15, 0.2) is 127 Å². The SMILES string of the molecule is Cc1ccccc1N1C=CN2CCCN3C=CN(c4ccccc4C(C4N(C)C=CN4c4c(C)ccc5c4oc4ccccc45)C21)C3C. The third-order valence-corrected chi connectivity index (χ3v) is 10.9. The van der Waals surface area contributed by atoms with Crippen molar-refractivity contribution >= 4 is 39.0 Å². The van der Waals surface area contributed by atoms with Crippen LogP contribution in [0.3, 0.4) is 0 Å². The largest absolute Gasteiger partial charge is 0.454 e. The number of fused-ring (bicyclic) bond motifs is 8. The van der Waals surface area contributed by atoms with Crippen LogP contribution in [0.4, 0.5) is 17.1 Å². The maximum absolute atomic E-state index is 6.71. The van der Waals surface area contributed by atoms with E-state index in [1.807, 2.05) is 0 Å². The van der Waals surface area contributed by atoms with E-state index >= 15 is 0 Å². The second kappa shape index (κ2) is 11.2. The fourth-order valence-electron chi connectivity index (χ4n) is 8.56. The number of furan rings is 1. The van der Waals surface area contributed by atoms with Crippen molar-refractivity contribution in [3.63, 3.8) is 0 Å². The summed E-state index contributed by atoms with van der Waals surface area (Å²) in [5, 5.41) is 2.30. The molecule has 48 heavy (non-hydrogen) atoms. The predicted molar refractivity (Wildman–Crippen MR) is 197 cm³/mol. The minimum Gasteiger partial charge on any atom is -0.454 e. The second-order valence-corrected chi connectivity index (χ2v) is 13.6. The van der Waals surface area contributed by atoms with Gasteiger partial charge in [-0.3, -0.25) is 0 Å². The first-order chi connectivity index (χ1) is 23.5. The van der Waals surface area contributed by atoms with Gasteiger partial charge in [0.15, 0.2) is 5.58 Å². The van der Waals surface area contributed by atoms with Gasteiger partial charge < -0.3 is 33.8 Å².